The standard InChI is InChI=1S/C16H21NO5S/c1-3-8-21-9-10-22-16(15(19)20,11-14(17)18)23-13-6-4-12(2)5-7-13/h3-8H,9-11H2,1-2H3,(H2,17,18)(H,19,20)/b8-3+. The van der Waals surface area contributed by atoms with Crippen LogP contribution in [0, 0.1) is 6.92 Å². The Morgan fingerprint density at radius 2 is 1.96 bits per heavy atom. The average molecular weight is 339 g/mol. The van der Waals surface area contributed by atoms with Crippen molar-refractivity contribution in [1.82, 2.24) is 0 Å². The maximum absolute atomic E-state index is 11.7. The highest BCUT2D eigenvalue weighted by Crippen LogP contribution is 2.37. The zero-order valence-corrected chi connectivity index (χ0v) is 14.0. The van der Waals surface area contributed by atoms with Gasteiger partial charge in [-0.05, 0) is 26.0 Å². The minimum absolute atomic E-state index is 0.0166. The highest BCUT2D eigenvalue weighted by atomic mass is 32.2. The Morgan fingerprint density at radius 1 is 1.30 bits per heavy atom. The van der Waals surface area contributed by atoms with Crippen LogP contribution in [0.15, 0.2) is 41.5 Å². The number of ether oxygens (including phenoxy) is 2. The number of aryl methyl sites for hydroxylation is 1. The molecule has 0 aliphatic rings. The minimum atomic E-state index is -1.78. The van der Waals surface area contributed by atoms with Gasteiger partial charge in [-0.3, -0.25) is 4.79 Å². The van der Waals surface area contributed by atoms with Crippen LogP contribution >= 0.6 is 11.8 Å². The van der Waals surface area contributed by atoms with E-state index in [9.17, 15) is 14.7 Å². The zero-order chi connectivity index (χ0) is 17.3. The number of benzene rings is 1. The van der Waals surface area contributed by atoms with E-state index in [0.29, 0.717) is 4.90 Å². The number of amides is 1. The van der Waals surface area contributed by atoms with Gasteiger partial charge in [0.2, 0.25) is 10.8 Å². The fourth-order valence-corrected chi connectivity index (χ4v) is 2.84. The van der Waals surface area contributed by atoms with E-state index in [-0.39, 0.29) is 13.2 Å². The predicted molar refractivity (Wildman–Crippen MR) is 87.9 cm³/mol. The van der Waals surface area contributed by atoms with Gasteiger partial charge in [-0.25, -0.2) is 4.79 Å². The molecule has 1 aromatic rings. The molecule has 1 unspecified atom stereocenters. The van der Waals surface area contributed by atoms with Gasteiger partial charge in [-0.2, -0.15) is 0 Å². The van der Waals surface area contributed by atoms with Crippen molar-refractivity contribution >= 4 is 23.6 Å². The van der Waals surface area contributed by atoms with Gasteiger partial charge in [-0.1, -0.05) is 35.5 Å². The third-order valence-electron chi connectivity index (χ3n) is 2.81. The Bertz CT molecular complexity index is 558. The number of carbonyl (C=O) groups is 2. The molecule has 0 aliphatic carbocycles. The van der Waals surface area contributed by atoms with Crippen molar-refractivity contribution in [3.05, 3.63) is 42.2 Å². The molecule has 1 amide bonds. The van der Waals surface area contributed by atoms with E-state index in [1.165, 1.54) is 6.26 Å². The molecule has 0 saturated carbocycles. The van der Waals surface area contributed by atoms with E-state index in [1.54, 1.807) is 25.1 Å². The lowest BCUT2D eigenvalue weighted by molar-refractivity contribution is -0.157. The number of carboxylic acid groups (broad SMARTS) is 1. The van der Waals surface area contributed by atoms with Gasteiger partial charge >= 0.3 is 5.97 Å². The first kappa shape index (κ1) is 19.1. The summed E-state index contributed by atoms with van der Waals surface area (Å²) in [7, 11) is 0. The summed E-state index contributed by atoms with van der Waals surface area (Å²) < 4.78 is 10.6. The van der Waals surface area contributed by atoms with E-state index in [4.69, 9.17) is 15.2 Å². The van der Waals surface area contributed by atoms with Gasteiger partial charge in [0.25, 0.3) is 0 Å². The van der Waals surface area contributed by atoms with E-state index < -0.39 is 23.2 Å². The van der Waals surface area contributed by atoms with Gasteiger partial charge in [0.05, 0.1) is 19.3 Å². The molecule has 1 rings (SSSR count). The van der Waals surface area contributed by atoms with Crippen molar-refractivity contribution in [2.75, 3.05) is 13.2 Å². The molecule has 0 saturated heterocycles. The average Bonchev–Trinajstić information content (AvgIpc) is 2.48. The van der Waals surface area contributed by atoms with Crippen LogP contribution in [-0.2, 0) is 19.1 Å². The molecular weight excluding hydrogens is 318 g/mol. The van der Waals surface area contributed by atoms with Crippen LogP contribution in [0.25, 0.3) is 0 Å². The van der Waals surface area contributed by atoms with Gasteiger partial charge in [-0.15, -0.1) is 0 Å². The molecule has 0 aliphatic heterocycles. The van der Waals surface area contributed by atoms with Crippen LogP contribution in [0.2, 0.25) is 0 Å². The Labute approximate surface area is 139 Å². The molecule has 0 aromatic heterocycles. The zero-order valence-electron chi connectivity index (χ0n) is 13.2. The lowest BCUT2D eigenvalue weighted by Crippen LogP contribution is -2.42. The predicted octanol–water partition coefficient (Wildman–Crippen LogP) is 2.31. The lowest BCUT2D eigenvalue weighted by atomic mass is 10.2. The Morgan fingerprint density at radius 3 is 2.48 bits per heavy atom. The second-order valence-electron chi connectivity index (χ2n) is 4.80. The Balaban J connectivity index is 2.90. The number of hydrogen-bond acceptors (Lipinski definition) is 5. The van der Waals surface area contributed by atoms with Crippen molar-refractivity contribution in [2.24, 2.45) is 5.73 Å². The molecule has 0 radical (unpaired) electrons. The monoisotopic (exact) mass is 339 g/mol. The van der Waals surface area contributed by atoms with Crippen LogP contribution in [-0.4, -0.2) is 35.1 Å². The van der Waals surface area contributed by atoms with Crippen molar-refractivity contribution in [1.29, 1.82) is 0 Å². The second kappa shape index (κ2) is 9.22. The topological polar surface area (TPSA) is 98.9 Å². The first-order valence-corrected chi connectivity index (χ1v) is 7.85. The van der Waals surface area contributed by atoms with Crippen molar-refractivity contribution in [3.8, 4) is 0 Å². The normalized spacial score (nSPS) is 13.7. The number of carboxylic acids is 1. The van der Waals surface area contributed by atoms with Crippen LogP contribution in [0.1, 0.15) is 18.9 Å². The van der Waals surface area contributed by atoms with E-state index >= 15 is 0 Å². The molecule has 1 atom stereocenters. The molecule has 0 bridgehead atoms. The number of primary amides is 1. The summed E-state index contributed by atoms with van der Waals surface area (Å²) in [5, 5.41) is 9.58. The number of aliphatic carboxylic acids is 1. The summed E-state index contributed by atoms with van der Waals surface area (Å²) in [5.41, 5.74) is 6.26. The third kappa shape index (κ3) is 6.33. The molecule has 6 nitrogen and oxygen atoms in total. The van der Waals surface area contributed by atoms with Crippen molar-refractivity contribution in [2.45, 2.75) is 30.1 Å². The lowest BCUT2D eigenvalue weighted by Gasteiger charge is -2.27. The fourth-order valence-electron chi connectivity index (χ4n) is 1.74. The maximum atomic E-state index is 11.7. The summed E-state index contributed by atoms with van der Waals surface area (Å²) in [5.74, 6) is -2.01. The highest BCUT2D eigenvalue weighted by molar-refractivity contribution is 8.01. The largest absolute Gasteiger partial charge is 0.499 e. The number of nitrogens with two attached hydrogens (primary N) is 1. The number of rotatable bonds is 10. The van der Waals surface area contributed by atoms with E-state index in [1.807, 2.05) is 19.1 Å². The maximum Gasteiger partial charge on any atom is 0.347 e. The summed E-state index contributed by atoms with van der Waals surface area (Å²) in [4.78, 5) is 22.0. The molecule has 3 N–H and O–H groups in total. The molecule has 23 heavy (non-hydrogen) atoms. The fraction of sp³-hybridized carbons (Fsp3) is 0.375. The van der Waals surface area contributed by atoms with E-state index in [2.05, 4.69) is 0 Å². The van der Waals surface area contributed by atoms with Crippen LogP contribution in [0.3, 0.4) is 0 Å². The van der Waals surface area contributed by atoms with Gasteiger partial charge in [0.15, 0.2) is 0 Å². The second-order valence-corrected chi connectivity index (χ2v) is 6.14. The first-order valence-electron chi connectivity index (χ1n) is 7.04. The molecule has 0 heterocycles. The van der Waals surface area contributed by atoms with Gasteiger partial charge in [0.1, 0.15) is 6.61 Å². The Hall–Kier alpha value is -1.99. The smallest absolute Gasteiger partial charge is 0.347 e. The minimum Gasteiger partial charge on any atom is -0.499 e. The van der Waals surface area contributed by atoms with Gasteiger partial charge in [0, 0.05) is 4.90 Å². The number of carbonyl (C=O) groups excluding carboxylic acids is 1. The van der Waals surface area contributed by atoms with Crippen molar-refractivity contribution < 1.29 is 24.2 Å². The molecular formula is C16H21NO5S. The summed E-state index contributed by atoms with van der Waals surface area (Å²) >= 11 is 0.949. The van der Waals surface area contributed by atoms with E-state index in [0.717, 1.165) is 17.3 Å². The van der Waals surface area contributed by atoms with Gasteiger partial charge < -0.3 is 20.3 Å². The van der Waals surface area contributed by atoms with Crippen molar-refractivity contribution in [3.63, 3.8) is 0 Å². The number of allylic oxidation sites excluding steroid dienone is 1. The highest BCUT2D eigenvalue weighted by Gasteiger charge is 2.43. The molecule has 0 spiro atoms. The number of hydrogen-bond donors (Lipinski definition) is 2. The molecule has 1 aromatic carbocycles. The number of thioether (sulfide) groups is 1. The quantitative estimate of drug-likeness (QED) is 0.294. The Kier molecular flexibility index (Phi) is 7.64. The summed E-state index contributed by atoms with van der Waals surface area (Å²) in [6, 6.07) is 7.26. The molecule has 126 valence electrons. The summed E-state index contributed by atoms with van der Waals surface area (Å²) in [6.07, 6.45) is 2.74. The summed E-state index contributed by atoms with van der Waals surface area (Å²) in [6.45, 7) is 3.91. The molecule has 0 fully saturated rings. The van der Waals surface area contributed by atoms with Crippen LogP contribution < -0.4 is 5.73 Å². The third-order valence-corrected chi connectivity index (χ3v) is 4.08. The van der Waals surface area contributed by atoms with Crippen LogP contribution in [0.4, 0.5) is 0 Å². The first-order chi connectivity index (χ1) is 10.9. The van der Waals surface area contributed by atoms with Crippen LogP contribution in [0.5, 0.6) is 0 Å². The SMILES string of the molecule is C/C=C/OCCOC(CC(N)=O)(Sc1ccc(C)cc1)C(=O)O. The molecule has 7 heteroatoms.